The van der Waals surface area contributed by atoms with Crippen LogP contribution in [-0.4, -0.2) is 24.3 Å². The first-order chi connectivity index (χ1) is 10.6. The number of benzene rings is 2. The molecule has 0 amide bonds. The van der Waals surface area contributed by atoms with Crippen LogP contribution in [0.25, 0.3) is 0 Å². The van der Waals surface area contributed by atoms with Crippen LogP contribution in [0.15, 0.2) is 47.5 Å². The van der Waals surface area contributed by atoms with E-state index in [1.807, 2.05) is 6.07 Å². The molecule has 2 aromatic rings. The Morgan fingerprint density at radius 1 is 1.27 bits per heavy atom. The van der Waals surface area contributed by atoms with Crippen LogP contribution in [0.2, 0.25) is 5.02 Å². The first-order valence-corrected chi connectivity index (χ1v) is 7.16. The van der Waals surface area contributed by atoms with Gasteiger partial charge in [-0.2, -0.15) is 0 Å². The van der Waals surface area contributed by atoms with Gasteiger partial charge in [-0.25, -0.2) is 9.38 Å². The molecule has 0 aromatic heterocycles. The highest BCUT2D eigenvalue weighted by Crippen LogP contribution is 2.25. The molecule has 4 nitrogen and oxygen atoms in total. The van der Waals surface area contributed by atoms with E-state index in [-0.39, 0.29) is 12.4 Å². The summed E-state index contributed by atoms with van der Waals surface area (Å²) in [7, 11) is 0. The minimum absolute atomic E-state index is 0.0343. The monoisotopic (exact) mass is 320 g/mol. The van der Waals surface area contributed by atoms with Crippen molar-refractivity contribution >= 4 is 23.2 Å². The van der Waals surface area contributed by atoms with Crippen LogP contribution in [0, 0.1) is 5.82 Å². The lowest BCUT2D eigenvalue weighted by atomic mass is 10.1. The number of aliphatic imine (C=N–C) groups is 1. The van der Waals surface area contributed by atoms with Crippen LogP contribution < -0.4 is 5.32 Å². The first kappa shape index (κ1) is 14.8. The number of hydrogen-bond donors (Lipinski definition) is 2. The molecule has 1 aliphatic heterocycles. The first-order valence-electron chi connectivity index (χ1n) is 6.78. The van der Waals surface area contributed by atoms with Crippen molar-refractivity contribution in [1.29, 1.82) is 0 Å². The number of hydrogen-bond acceptors (Lipinski definition) is 4. The Kier molecular flexibility index (Phi) is 4.27. The highest BCUT2D eigenvalue weighted by molar-refractivity contribution is 6.31. The van der Waals surface area contributed by atoms with Gasteiger partial charge in [0.25, 0.3) is 0 Å². The zero-order chi connectivity index (χ0) is 15.5. The van der Waals surface area contributed by atoms with Gasteiger partial charge in [-0.15, -0.1) is 0 Å². The molecule has 0 saturated heterocycles. The fraction of sp³-hybridized carbons (Fsp3) is 0.188. The molecule has 2 N–H and O–H groups in total. The van der Waals surface area contributed by atoms with Crippen molar-refractivity contribution in [1.82, 2.24) is 0 Å². The number of halogens is 2. The minimum Gasteiger partial charge on any atom is -0.474 e. The van der Waals surface area contributed by atoms with Gasteiger partial charge < -0.3 is 15.2 Å². The standard InChI is InChI=1S/C16H14ClFN2O2/c17-11-3-6-13-14(7-11)19-9-20-16(13)22-8-15(21)10-1-4-12(18)5-2-10/h1-7,15,19,21H,8-9H2/t15-/m1/s1. The lowest BCUT2D eigenvalue weighted by Crippen LogP contribution is -2.20. The molecule has 114 valence electrons. The molecule has 1 atom stereocenters. The van der Waals surface area contributed by atoms with Crippen LogP contribution in [0.1, 0.15) is 17.2 Å². The minimum atomic E-state index is -0.853. The molecule has 0 saturated carbocycles. The van der Waals surface area contributed by atoms with E-state index in [1.165, 1.54) is 24.3 Å². The summed E-state index contributed by atoms with van der Waals surface area (Å²) in [5.74, 6) is 0.108. The number of aliphatic hydroxyl groups excluding tert-OH is 1. The molecule has 3 rings (SSSR count). The van der Waals surface area contributed by atoms with Crippen molar-refractivity contribution in [2.24, 2.45) is 4.99 Å². The number of nitrogens with one attached hydrogen (secondary N) is 1. The maximum Gasteiger partial charge on any atom is 0.220 e. The van der Waals surface area contributed by atoms with Gasteiger partial charge in [-0.05, 0) is 35.9 Å². The van der Waals surface area contributed by atoms with Crippen LogP contribution >= 0.6 is 11.6 Å². The molecule has 6 heteroatoms. The number of anilines is 1. The summed E-state index contributed by atoms with van der Waals surface area (Å²) in [5.41, 5.74) is 2.22. The molecule has 2 aromatic carbocycles. The summed E-state index contributed by atoms with van der Waals surface area (Å²) in [6, 6.07) is 11.0. The quantitative estimate of drug-likeness (QED) is 0.911. The third kappa shape index (κ3) is 3.21. The van der Waals surface area contributed by atoms with E-state index >= 15 is 0 Å². The van der Waals surface area contributed by atoms with E-state index < -0.39 is 6.10 Å². The summed E-state index contributed by atoms with van der Waals surface area (Å²) in [4.78, 5) is 4.25. The molecular weight excluding hydrogens is 307 g/mol. The van der Waals surface area contributed by atoms with Gasteiger partial charge in [-0.1, -0.05) is 23.7 Å². The molecule has 0 unspecified atom stereocenters. The molecule has 0 aliphatic carbocycles. The molecule has 1 heterocycles. The maximum absolute atomic E-state index is 12.9. The van der Waals surface area contributed by atoms with E-state index in [1.54, 1.807) is 12.1 Å². The number of rotatable bonds is 3. The van der Waals surface area contributed by atoms with Crippen LogP contribution in [0.3, 0.4) is 0 Å². The summed E-state index contributed by atoms with van der Waals surface area (Å²) < 4.78 is 18.5. The van der Waals surface area contributed by atoms with Gasteiger partial charge in [0, 0.05) is 10.7 Å². The van der Waals surface area contributed by atoms with Crippen LogP contribution in [-0.2, 0) is 4.74 Å². The summed E-state index contributed by atoms with van der Waals surface area (Å²) in [6.07, 6.45) is -0.853. The van der Waals surface area contributed by atoms with Gasteiger partial charge in [0.2, 0.25) is 5.90 Å². The zero-order valence-electron chi connectivity index (χ0n) is 11.6. The molecule has 1 aliphatic rings. The third-order valence-corrected chi connectivity index (χ3v) is 3.57. The zero-order valence-corrected chi connectivity index (χ0v) is 12.3. The van der Waals surface area contributed by atoms with Gasteiger partial charge in [0.15, 0.2) is 0 Å². The van der Waals surface area contributed by atoms with Gasteiger partial charge >= 0.3 is 0 Å². The topological polar surface area (TPSA) is 53.9 Å². The molecule has 0 bridgehead atoms. The third-order valence-electron chi connectivity index (χ3n) is 3.34. The lowest BCUT2D eigenvalue weighted by molar-refractivity contribution is 0.102. The van der Waals surface area contributed by atoms with Crippen molar-refractivity contribution in [3.05, 3.63) is 64.4 Å². The number of ether oxygens (including phenoxy) is 1. The number of nitrogens with zero attached hydrogens (tertiary/aromatic N) is 1. The van der Waals surface area contributed by atoms with Crippen LogP contribution in [0.4, 0.5) is 10.1 Å². The average Bonchev–Trinajstić information content (AvgIpc) is 2.52. The average molecular weight is 321 g/mol. The molecule has 22 heavy (non-hydrogen) atoms. The second-order valence-corrected chi connectivity index (χ2v) is 5.30. The molecular formula is C16H14ClFN2O2. The Hall–Kier alpha value is -2.11. The van der Waals surface area contributed by atoms with Gasteiger partial charge in [-0.3, -0.25) is 0 Å². The van der Waals surface area contributed by atoms with E-state index in [4.69, 9.17) is 16.3 Å². The summed E-state index contributed by atoms with van der Waals surface area (Å²) >= 11 is 5.95. The van der Waals surface area contributed by atoms with Gasteiger partial charge in [0.1, 0.15) is 25.2 Å². The van der Waals surface area contributed by atoms with E-state index in [0.29, 0.717) is 23.2 Å². The Labute approximate surface area is 132 Å². The van der Waals surface area contributed by atoms with E-state index in [0.717, 1.165) is 11.3 Å². The van der Waals surface area contributed by atoms with E-state index in [2.05, 4.69) is 10.3 Å². The van der Waals surface area contributed by atoms with Crippen molar-refractivity contribution in [3.63, 3.8) is 0 Å². The molecule has 0 spiro atoms. The smallest absolute Gasteiger partial charge is 0.220 e. The van der Waals surface area contributed by atoms with Crippen molar-refractivity contribution in [2.75, 3.05) is 18.6 Å². The predicted molar refractivity (Wildman–Crippen MR) is 83.8 cm³/mol. The van der Waals surface area contributed by atoms with Gasteiger partial charge in [0.05, 0.1) is 5.56 Å². The Balaban J connectivity index is 1.69. The van der Waals surface area contributed by atoms with Crippen molar-refractivity contribution < 1.29 is 14.2 Å². The fourth-order valence-corrected chi connectivity index (χ4v) is 2.37. The highest BCUT2D eigenvalue weighted by atomic mass is 35.5. The molecule has 0 fully saturated rings. The lowest BCUT2D eigenvalue weighted by Gasteiger charge is -2.20. The fourth-order valence-electron chi connectivity index (χ4n) is 2.19. The predicted octanol–water partition coefficient (Wildman–Crippen LogP) is 3.36. The van der Waals surface area contributed by atoms with Crippen molar-refractivity contribution in [2.45, 2.75) is 6.10 Å². The SMILES string of the molecule is O[C@H](COC1=NCNc2cc(Cl)ccc21)c1ccc(F)cc1. The number of aliphatic hydroxyl groups is 1. The largest absolute Gasteiger partial charge is 0.474 e. The number of fused-ring (bicyclic) bond motifs is 1. The Morgan fingerprint density at radius 3 is 2.82 bits per heavy atom. The van der Waals surface area contributed by atoms with Crippen LogP contribution in [0.5, 0.6) is 0 Å². The summed E-state index contributed by atoms with van der Waals surface area (Å²) in [5, 5.41) is 13.8. The normalized spacial score (nSPS) is 14.6. The second kappa shape index (κ2) is 6.34. The Bertz CT molecular complexity index is 704. The second-order valence-electron chi connectivity index (χ2n) is 4.87. The maximum atomic E-state index is 12.9. The highest BCUT2D eigenvalue weighted by Gasteiger charge is 2.17. The molecule has 0 radical (unpaired) electrons. The summed E-state index contributed by atoms with van der Waals surface area (Å²) in [6.45, 7) is 0.419. The van der Waals surface area contributed by atoms with Crippen molar-refractivity contribution in [3.8, 4) is 0 Å². The Morgan fingerprint density at radius 2 is 2.05 bits per heavy atom. The van der Waals surface area contributed by atoms with E-state index in [9.17, 15) is 9.50 Å².